The molecule has 1 nitrogen and oxygen atoms in total. The summed E-state index contributed by atoms with van der Waals surface area (Å²) in [7, 11) is 1.67. The average Bonchev–Trinajstić information content (AvgIpc) is 2.91. The van der Waals surface area contributed by atoms with Crippen LogP contribution in [-0.4, -0.2) is 13.8 Å². The van der Waals surface area contributed by atoms with Crippen molar-refractivity contribution in [2.75, 3.05) is 7.11 Å². The van der Waals surface area contributed by atoms with Crippen molar-refractivity contribution >= 4 is 23.1 Å². The molecule has 35 heavy (non-hydrogen) atoms. The first-order chi connectivity index (χ1) is 17.0. The van der Waals surface area contributed by atoms with Crippen molar-refractivity contribution in [3.05, 3.63) is 120 Å². The maximum atomic E-state index is 13.2. The third-order valence-corrected chi connectivity index (χ3v) is 5.07. The van der Waals surface area contributed by atoms with Gasteiger partial charge in [-0.1, -0.05) is 116 Å². The van der Waals surface area contributed by atoms with Crippen LogP contribution in [0.25, 0.3) is 0 Å². The fraction of sp³-hybridized carbons (Fsp3) is 0.226. The molecule has 4 aromatic rings. The normalized spacial score (nSPS) is 9.29. The van der Waals surface area contributed by atoms with Gasteiger partial charge in [-0.15, -0.1) is 0 Å². The van der Waals surface area contributed by atoms with Crippen LogP contribution in [0.5, 0.6) is 5.75 Å². The van der Waals surface area contributed by atoms with Gasteiger partial charge >= 0.3 is 0 Å². The molecule has 0 spiro atoms. The Balaban J connectivity index is 0.000000394. The van der Waals surface area contributed by atoms with Gasteiger partial charge in [0.05, 0.1) is 7.11 Å². The number of methoxy groups -OCH3 is 1. The smallest absolute Gasteiger partial charge is 0.241 e. The van der Waals surface area contributed by atoms with E-state index in [1.165, 1.54) is 35.4 Å². The molecule has 0 saturated carbocycles. The maximum absolute atomic E-state index is 13.2. The van der Waals surface area contributed by atoms with Crippen LogP contribution in [0.4, 0.5) is 8.78 Å². The fourth-order valence-corrected chi connectivity index (χ4v) is 3.32. The molecule has 0 amide bonds. The number of halogens is 2. The third kappa shape index (κ3) is 9.78. The van der Waals surface area contributed by atoms with E-state index < -0.39 is 0 Å². The van der Waals surface area contributed by atoms with Gasteiger partial charge in [-0.25, -0.2) is 8.78 Å². The molecule has 0 bridgehead atoms. The minimum atomic E-state index is -0.259. The minimum Gasteiger partial charge on any atom is -0.497 e. The number of hydrogen-bond acceptors (Lipinski definition) is 1. The summed E-state index contributed by atoms with van der Waals surface area (Å²) in [4.78, 5) is 0. The van der Waals surface area contributed by atoms with Gasteiger partial charge in [-0.3, -0.25) is 0 Å². The molecule has 0 aliphatic carbocycles. The molecule has 0 saturated heterocycles. The highest BCUT2D eigenvalue weighted by molar-refractivity contribution is 6.95. The zero-order valence-corrected chi connectivity index (χ0v) is 22.0. The van der Waals surface area contributed by atoms with Crippen LogP contribution in [-0.2, 0) is 0 Å². The van der Waals surface area contributed by atoms with Gasteiger partial charge in [0.15, 0.2) is 0 Å². The predicted octanol–water partition coefficient (Wildman–Crippen LogP) is 6.85. The van der Waals surface area contributed by atoms with E-state index in [1.807, 2.05) is 58.9 Å². The van der Waals surface area contributed by atoms with Crippen molar-refractivity contribution in [1.29, 1.82) is 0 Å². The van der Waals surface area contributed by atoms with Gasteiger partial charge in [0, 0.05) is 0 Å². The third-order valence-electron chi connectivity index (χ3n) is 5.07. The van der Waals surface area contributed by atoms with Crippen molar-refractivity contribution in [2.45, 2.75) is 41.5 Å². The summed E-state index contributed by atoms with van der Waals surface area (Å²) in [6.07, 6.45) is 0. The Morgan fingerprint density at radius 3 is 1.09 bits per heavy atom. The molecule has 0 heterocycles. The summed E-state index contributed by atoms with van der Waals surface area (Å²) in [6.45, 7) is 12.1. The van der Waals surface area contributed by atoms with Crippen LogP contribution >= 0.6 is 0 Å². The minimum absolute atomic E-state index is 0.0400. The van der Waals surface area contributed by atoms with Crippen LogP contribution < -0.4 is 21.1 Å². The van der Waals surface area contributed by atoms with Crippen LogP contribution in [0.15, 0.2) is 97.1 Å². The van der Waals surface area contributed by atoms with E-state index in [0.717, 1.165) is 22.1 Å². The molecule has 0 fully saturated rings. The fourth-order valence-electron chi connectivity index (χ4n) is 3.32. The summed E-state index contributed by atoms with van der Waals surface area (Å²) >= 11 is 0. The SMILES string of the molecule is CC.CC.COc1ccc(C)cc1.Cc1ccc(B(c2ccc(F)cc2)c2ccc(F)cc2)cc1. The molecule has 0 aromatic heterocycles. The van der Waals surface area contributed by atoms with E-state index in [1.54, 1.807) is 31.4 Å². The molecule has 0 N–H and O–H groups in total. The monoisotopic (exact) mass is 474 g/mol. The van der Waals surface area contributed by atoms with Crippen LogP contribution in [0.2, 0.25) is 0 Å². The molecule has 0 unspecified atom stereocenters. The molecule has 4 rings (SSSR count). The largest absolute Gasteiger partial charge is 0.497 e. The molecular formula is C31H37BF2O. The van der Waals surface area contributed by atoms with Gasteiger partial charge in [0.1, 0.15) is 17.4 Å². The number of rotatable bonds is 4. The topological polar surface area (TPSA) is 9.23 Å². The second-order valence-electron chi connectivity index (χ2n) is 7.46. The molecular weight excluding hydrogens is 437 g/mol. The van der Waals surface area contributed by atoms with Crippen LogP contribution in [0, 0.1) is 25.5 Å². The van der Waals surface area contributed by atoms with Crippen LogP contribution in [0.1, 0.15) is 38.8 Å². The van der Waals surface area contributed by atoms with Gasteiger partial charge < -0.3 is 4.74 Å². The Hall–Kier alpha value is -3.40. The van der Waals surface area contributed by atoms with Crippen molar-refractivity contribution < 1.29 is 13.5 Å². The molecule has 0 atom stereocenters. The first-order valence-electron chi connectivity index (χ1n) is 12.1. The van der Waals surface area contributed by atoms with Crippen molar-refractivity contribution in [3.8, 4) is 5.75 Å². The quantitative estimate of drug-likeness (QED) is 0.294. The Labute approximate surface area is 210 Å². The molecule has 184 valence electrons. The Bertz CT molecular complexity index is 967. The standard InChI is InChI=1S/C19H15BF2.C8H10O.2C2H6/c1-14-2-4-15(5-3-14)20(16-6-10-18(21)11-7-16)17-8-12-19(22)13-9-17;1-7-3-5-8(9-2)6-4-7;2*1-2/h2-13H,1H3;3-6H,1-2H3;2*1-2H3. The van der Waals surface area contributed by atoms with E-state index in [9.17, 15) is 8.78 Å². The molecule has 4 heteroatoms. The Morgan fingerprint density at radius 1 is 0.486 bits per heavy atom. The van der Waals surface area contributed by atoms with Crippen LogP contribution in [0.3, 0.4) is 0 Å². The lowest BCUT2D eigenvalue weighted by atomic mass is 9.37. The Kier molecular flexibility index (Phi) is 13.8. The summed E-state index contributed by atoms with van der Waals surface area (Å²) in [5, 5.41) is 0. The summed E-state index contributed by atoms with van der Waals surface area (Å²) in [5.41, 5.74) is 5.51. The van der Waals surface area contributed by atoms with E-state index in [4.69, 9.17) is 4.74 Å². The number of ether oxygens (including phenoxy) is 1. The van der Waals surface area contributed by atoms with E-state index in [2.05, 4.69) is 31.2 Å². The number of aryl methyl sites for hydroxylation is 2. The second kappa shape index (κ2) is 16.3. The summed E-state index contributed by atoms with van der Waals surface area (Å²) < 4.78 is 31.4. The lowest BCUT2D eigenvalue weighted by molar-refractivity contribution is 0.414. The summed E-state index contributed by atoms with van der Waals surface area (Å²) in [5.74, 6) is 0.400. The van der Waals surface area contributed by atoms with E-state index in [0.29, 0.717) is 0 Å². The first kappa shape index (κ1) is 29.6. The number of hydrogen-bond donors (Lipinski definition) is 0. The van der Waals surface area contributed by atoms with Crippen molar-refractivity contribution in [3.63, 3.8) is 0 Å². The van der Waals surface area contributed by atoms with Crippen molar-refractivity contribution in [2.24, 2.45) is 0 Å². The molecule has 0 aliphatic rings. The molecule has 4 aromatic carbocycles. The highest BCUT2D eigenvalue weighted by Crippen LogP contribution is 2.09. The highest BCUT2D eigenvalue weighted by atomic mass is 19.1. The number of benzene rings is 4. The van der Waals surface area contributed by atoms with Crippen molar-refractivity contribution in [1.82, 2.24) is 0 Å². The predicted molar refractivity (Wildman–Crippen MR) is 149 cm³/mol. The lowest BCUT2D eigenvalue weighted by Crippen LogP contribution is -2.51. The zero-order chi connectivity index (χ0) is 26.2. The lowest BCUT2D eigenvalue weighted by Gasteiger charge is -2.16. The highest BCUT2D eigenvalue weighted by Gasteiger charge is 2.21. The molecule has 0 radical (unpaired) electrons. The summed E-state index contributed by atoms with van der Waals surface area (Å²) in [6, 6.07) is 29.1. The van der Waals surface area contributed by atoms with Gasteiger partial charge in [0.2, 0.25) is 6.71 Å². The van der Waals surface area contributed by atoms with E-state index in [-0.39, 0.29) is 18.3 Å². The van der Waals surface area contributed by atoms with E-state index >= 15 is 0 Å². The average molecular weight is 474 g/mol. The second-order valence-corrected chi connectivity index (χ2v) is 7.46. The zero-order valence-electron chi connectivity index (χ0n) is 22.0. The molecule has 0 aliphatic heterocycles. The van der Waals surface area contributed by atoms with Gasteiger partial charge in [-0.05, 0) is 50.2 Å². The Morgan fingerprint density at radius 2 is 0.771 bits per heavy atom. The van der Waals surface area contributed by atoms with Gasteiger partial charge in [0.25, 0.3) is 0 Å². The first-order valence-corrected chi connectivity index (χ1v) is 12.1. The maximum Gasteiger partial charge on any atom is 0.241 e. The van der Waals surface area contributed by atoms with Gasteiger partial charge in [-0.2, -0.15) is 0 Å².